The van der Waals surface area contributed by atoms with Gasteiger partial charge in [0.2, 0.25) is 10.0 Å². The fourth-order valence-electron chi connectivity index (χ4n) is 1.18. The molecule has 0 bridgehead atoms. The zero-order valence-corrected chi connectivity index (χ0v) is 8.80. The van der Waals surface area contributed by atoms with E-state index in [-0.39, 0.29) is 6.04 Å². The largest absolute Gasteiger partial charge is 0.378 e. The van der Waals surface area contributed by atoms with E-state index < -0.39 is 10.0 Å². The van der Waals surface area contributed by atoms with Crippen molar-refractivity contribution >= 4 is 10.0 Å². The minimum atomic E-state index is -3.06. The zero-order valence-electron chi connectivity index (χ0n) is 7.99. The topological polar surface area (TPSA) is 58.6 Å². The summed E-state index contributed by atoms with van der Waals surface area (Å²) in [5.41, 5.74) is 0. The van der Waals surface area contributed by atoms with Crippen LogP contribution in [-0.2, 0) is 14.8 Å². The summed E-state index contributed by atoms with van der Waals surface area (Å²) in [5, 5.41) is 3.19. The Morgan fingerprint density at radius 2 is 2.31 bits per heavy atom. The Bertz CT molecular complexity index is 246. The highest BCUT2D eigenvalue weighted by atomic mass is 32.2. The standard InChI is InChI=1S/C7H16N2O3S/c1-9(13(2,10)11)5-7-6-12-4-3-8-7/h7-8H,3-6H2,1-2H3. The van der Waals surface area contributed by atoms with Gasteiger partial charge in [0.25, 0.3) is 0 Å². The molecule has 5 nitrogen and oxygen atoms in total. The second kappa shape index (κ2) is 4.36. The first-order valence-corrected chi connectivity index (χ1v) is 6.07. The molecule has 1 rings (SSSR count). The molecule has 0 spiro atoms. The van der Waals surface area contributed by atoms with Crippen LogP contribution >= 0.6 is 0 Å². The summed E-state index contributed by atoms with van der Waals surface area (Å²) in [5.74, 6) is 0. The number of morpholine rings is 1. The fraction of sp³-hybridized carbons (Fsp3) is 1.00. The van der Waals surface area contributed by atoms with Crippen LogP contribution in [0.5, 0.6) is 0 Å². The summed E-state index contributed by atoms with van der Waals surface area (Å²) >= 11 is 0. The highest BCUT2D eigenvalue weighted by Gasteiger charge is 2.19. The van der Waals surface area contributed by atoms with Crippen molar-refractivity contribution in [2.45, 2.75) is 6.04 Å². The Balaban J connectivity index is 2.39. The van der Waals surface area contributed by atoms with Crippen molar-refractivity contribution in [2.75, 3.05) is 39.6 Å². The smallest absolute Gasteiger partial charge is 0.211 e. The van der Waals surface area contributed by atoms with Crippen LogP contribution in [-0.4, -0.2) is 58.4 Å². The van der Waals surface area contributed by atoms with E-state index in [1.807, 2.05) is 0 Å². The van der Waals surface area contributed by atoms with Crippen molar-refractivity contribution in [3.63, 3.8) is 0 Å². The SMILES string of the molecule is CN(CC1COCCN1)S(C)(=O)=O. The number of ether oxygens (including phenoxy) is 1. The molecule has 1 saturated heterocycles. The predicted molar refractivity (Wildman–Crippen MR) is 50.1 cm³/mol. The molecule has 1 fully saturated rings. The van der Waals surface area contributed by atoms with E-state index in [0.717, 1.165) is 6.54 Å². The van der Waals surface area contributed by atoms with Crippen LogP contribution in [0.4, 0.5) is 0 Å². The molecule has 1 heterocycles. The maximum atomic E-state index is 11.1. The maximum Gasteiger partial charge on any atom is 0.211 e. The molecule has 1 aliphatic heterocycles. The molecule has 0 aromatic heterocycles. The van der Waals surface area contributed by atoms with E-state index in [0.29, 0.717) is 19.8 Å². The molecular formula is C7H16N2O3S. The van der Waals surface area contributed by atoms with Crippen molar-refractivity contribution in [1.29, 1.82) is 0 Å². The normalized spacial score (nSPS) is 25.0. The second-order valence-electron chi connectivity index (χ2n) is 3.27. The van der Waals surface area contributed by atoms with Crippen LogP contribution in [0.3, 0.4) is 0 Å². The number of nitrogens with zero attached hydrogens (tertiary/aromatic N) is 1. The average Bonchev–Trinajstić information content (AvgIpc) is 2.04. The number of hydrogen-bond donors (Lipinski definition) is 1. The lowest BCUT2D eigenvalue weighted by Gasteiger charge is -2.27. The van der Waals surface area contributed by atoms with Crippen LogP contribution in [0.15, 0.2) is 0 Å². The van der Waals surface area contributed by atoms with Gasteiger partial charge in [-0.05, 0) is 0 Å². The molecule has 0 amide bonds. The summed E-state index contributed by atoms with van der Waals surface area (Å²) in [6.45, 7) is 2.56. The lowest BCUT2D eigenvalue weighted by molar-refractivity contribution is 0.0722. The number of nitrogens with one attached hydrogen (secondary N) is 1. The van der Waals surface area contributed by atoms with E-state index in [4.69, 9.17) is 4.74 Å². The number of hydrogen-bond acceptors (Lipinski definition) is 4. The molecule has 1 N–H and O–H groups in total. The molecule has 6 heteroatoms. The van der Waals surface area contributed by atoms with E-state index in [9.17, 15) is 8.42 Å². The van der Waals surface area contributed by atoms with Crippen molar-refractivity contribution in [1.82, 2.24) is 9.62 Å². The first-order valence-electron chi connectivity index (χ1n) is 4.22. The van der Waals surface area contributed by atoms with Crippen molar-refractivity contribution in [2.24, 2.45) is 0 Å². The molecule has 0 aliphatic carbocycles. The molecule has 0 aromatic carbocycles. The quantitative estimate of drug-likeness (QED) is 0.637. The Kier molecular flexibility index (Phi) is 3.66. The van der Waals surface area contributed by atoms with Gasteiger partial charge in [0.1, 0.15) is 0 Å². The van der Waals surface area contributed by atoms with Crippen LogP contribution in [0.1, 0.15) is 0 Å². The zero-order chi connectivity index (χ0) is 9.90. The molecule has 1 aliphatic rings. The summed E-state index contributed by atoms with van der Waals surface area (Å²) in [6, 6.07) is 0.119. The summed E-state index contributed by atoms with van der Waals surface area (Å²) in [6.07, 6.45) is 1.21. The first-order chi connectivity index (χ1) is 6.00. The highest BCUT2D eigenvalue weighted by Crippen LogP contribution is 1.99. The number of likely N-dealkylation sites (N-methyl/N-ethyl adjacent to an activating group) is 1. The molecular weight excluding hydrogens is 192 g/mol. The van der Waals surface area contributed by atoms with Gasteiger partial charge in [0.15, 0.2) is 0 Å². The van der Waals surface area contributed by atoms with Crippen molar-refractivity contribution < 1.29 is 13.2 Å². The molecule has 78 valence electrons. The summed E-state index contributed by atoms with van der Waals surface area (Å²) in [7, 11) is -1.49. The first kappa shape index (κ1) is 10.9. The van der Waals surface area contributed by atoms with Gasteiger partial charge in [-0.3, -0.25) is 0 Å². The Hall–Kier alpha value is -0.170. The van der Waals surface area contributed by atoms with Gasteiger partial charge in [-0.2, -0.15) is 0 Å². The minimum absolute atomic E-state index is 0.119. The van der Waals surface area contributed by atoms with Crippen LogP contribution in [0.25, 0.3) is 0 Å². The van der Waals surface area contributed by atoms with Crippen molar-refractivity contribution in [3.05, 3.63) is 0 Å². The second-order valence-corrected chi connectivity index (χ2v) is 5.36. The van der Waals surface area contributed by atoms with E-state index in [1.54, 1.807) is 7.05 Å². The fourth-order valence-corrected chi connectivity index (χ4v) is 1.63. The Labute approximate surface area is 79.1 Å². The summed E-state index contributed by atoms with van der Waals surface area (Å²) < 4.78 is 28.7. The molecule has 0 aromatic rings. The van der Waals surface area contributed by atoms with Gasteiger partial charge in [0, 0.05) is 26.2 Å². The third kappa shape index (κ3) is 3.60. The highest BCUT2D eigenvalue weighted by molar-refractivity contribution is 7.88. The molecule has 1 atom stereocenters. The van der Waals surface area contributed by atoms with Gasteiger partial charge in [-0.15, -0.1) is 0 Å². The number of rotatable bonds is 3. The average molecular weight is 208 g/mol. The Morgan fingerprint density at radius 1 is 1.62 bits per heavy atom. The van der Waals surface area contributed by atoms with Gasteiger partial charge in [-0.25, -0.2) is 12.7 Å². The number of sulfonamides is 1. The third-order valence-electron chi connectivity index (χ3n) is 2.04. The van der Waals surface area contributed by atoms with Crippen LogP contribution in [0.2, 0.25) is 0 Å². The van der Waals surface area contributed by atoms with Gasteiger partial charge < -0.3 is 10.1 Å². The third-order valence-corrected chi connectivity index (χ3v) is 3.32. The molecule has 1 unspecified atom stereocenters. The van der Waals surface area contributed by atoms with Gasteiger partial charge >= 0.3 is 0 Å². The van der Waals surface area contributed by atoms with E-state index in [1.165, 1.54) is 10.6 Å². The van der Waals surface area contributed by atoms with Gasteiger partial charge in [-0.1, -0.05) is 0 Å². The predicted octanol–water partition coefficient (Wildman–Crippen LogP) is -1.13. The lowest BCUT2D eigenvalue weighted by atomic mass is 10.3. The lowest BCUT2D eigenvalue weighted by Crippen LogP contribution is -2.48. The van der Waals surface area contributed by atoms with Crippen LogP contribution in [0, 0.1) is 0 Å². The molecule has 0 saturated carbocycles. The minimum Gasteiger partial charge on any atom is -0.378 e. The van der Waals surface area contributed by atoms with Gasteiger partial charge in [0.05, 0.1) is 19.5 Å². The molecule has 0 radical (unpaired) electrons. The van der Waals surface area contributed by atoms with E-state index >= 15 is 0 Å². The molecule has 13 heavy (non-hydrogen) atoms. The Morgan fingerprint density at radius 3 is 2.77 bits per heavy atom. The van der Waals surface area contributed by atoms with Crippen molar-refractivity contribution in [3.8, 4) is 0 Å². The van der Waals surface area contributed by atoms with E-state index in [2.05, 4.69) is 5.32 Å². The van der Waals surface area contributed by atoms with Crippen LogP contribution < -0.4 is 5.32 Å². The monoisotopic (exact) mass is 208 g/mol. The summed E-state index contributed by atoms with van der Waals surface area (Å²) in [4.78, 5) is 0. The maximum absolute atomic E-state index is 11.1.